The van der Waals surface area contributed by atoms with Crippen LogP contribution >= 0.6 is 15.9 Å². The van der Waals surface area contributed by atoms with Crippen molar-refractivity contribution in [2.45, 2.75) is 31.7 Å². The highest BCUT2D eigenvalue weighted by molar-refractivity contribution is 9.08. The third-order valence-electron chi connectivity index (χ3n) is 4.93. The van der Waals surface area contributed by atoms with E-state index in [0.717, 1.165) is 27.4 Å². The number of furan rings is 1. The summed E-state index contributed by atoms with van der Waals surface area (Å²) in [5.74, 6) is 0.396. The van der Waals surface area contributed by atoms with Crippen molar-refractivity contribution in [3.63, 3.8) is 0 Å². The number of H-pyrrole nitrogens is 1. The third kappa shape index (κ3) is 3.02. The summed E-state index contributed by atoms with van der Waals surface area (Å²) in [4.78, 5) is 16.3. The molecule has 0 aliphatic rings. The molecular formula is C22H21BrN2O3. The molecule has 0 spiro atoms. The molecule has 6 heteroatoms. The number of halogens is 1. The first kappa shape index (κ1) is 18.8. The second-order valence-electron chi connectivity index (χ2n) is 7.39. The number of fused-ring (bicyclic) bond motifs is 2. The van der Waals surface area contributed by atoms with E-state index in [0.29, 0.717) is 28.1 Å². The highest BCUT2D eigenvalue weighted by Gasteiger charge is 2.26. The van der Waals surface area contributed by atoms with Gasteiger partial charge >= 0.3 is 0 Å². The number of amides is 1. The van der Waals surface area contributed by atoms with Gasteiger partial charge in [-0.25, -0.2) is 0 Å². The van der Waals surface area contributed by atoms with E-state index in [2.05, 4.69) is 26.2 Å². The Kier molecular flexibility index (Phi) is 4.56. The number of hydrogen-bond donors (Lipinski definition) is 3. The lowest BCUT2D eigenvalue weighted by Gasteiger charge is -2.16. The van der Waals surface area contributed by atoms with Crippen LogP contribution in [0, 0.1) is 6.92 Å². The number of hydrogen-bond acceptors (Lipinski definition) is 3. The number of benzene rings is 2. The lowest BCUT2D eigenvalue weighted by Crippen LogP contribution is -2.16. The van der Waals surface area contributed by atoms with Crippen LogP contribution in [0.5, 0.6) is 0 Å². The Morgan fingerprint density at radius 3 is 2.61 bits per heavy atom. The van der Waals surface area contributed by atoms with E-state index >= 15 is 0 Å². The first-order valence-corrected chi connectivity index (χ1v) is 10.1. The van der Waals surface area contributed by atoms with Crippen molar-refractivity contribution in [1.82, 2.24) is 4.98 Å². The van der Waals surface area contributed by atoms with Crippen molar-refractivity contribution in [3.8, 4) is 0 Å². The summed E-state index contributed by atoms with van der Waals surface area (Å²) < 4.78 is 5.91. The number of carbonyl (C=O) groups excluding carboxylic acids is 1. The van der Waals surface area contributed by atoms with Crippen molar-refractivity contribution < 1.29 is 14.3 Å². The lowest BCUT2D eigenvalue weighted by atomic mass is 9.95. The SMILES string of the molecule is Cc1oc2c(NC(=O)c3[nH]c4ccccc4c3CBr)cccc2c1C(C)(C)O. The van der Waals surface area contributed by atoms with Crippen LogP contribution in [-0.2, 0) is 10.9 Å². The molecule has 4 rings (SSSR count). The van der Waals surface area contributed by atoms with Crippen molar-refractivity contribution in [3.05, 3.63) is 65.0 Å². The molecule has 1 amide bonds. The Balaban J connectivity index is 1.78. The predicted molar refractivity (Wildman–Crippen MR) is 115 cm³/mol. The molecule has 0 aliphatic carbocycles. The summed E-state index contributed by atoms with van der Waals surface area (Å²) in [6.07, 6.45) is 0. The monoisotopic (exact) mass is 440 g/mol. The number of para-hydroxylation sites is 2. The summed E-state index contributed by atoms with van der Waals surface area (Å²) in [5, 5.41) is 15.8. The maximum atomic E-state index is 13.0. The van der Waals surface area contributed by atoms with Gasteiger partial charge in [0.25, 0.3) is 5.91 Å². The zero-order valence-electron chi connectivity index (χ0n) is 15.9. The van der Waals surface area contributed by atoms with Gasteiger partial charge in [0.15, 0.2) is 5.58 Å². The molecular weight excluding hydrogens is 420 g/mol. The second kappa shape index (κ2) is 6.79. The number of aromatic nitrogens is 1. The molecule has 0 unspecified atom stereocenters. The third-order valence-corrected chi connectivity index (χ3v) is 5.49. The zero-order valence-corrected chi connectivity index (χ0v) is 17.5. The molecule has 0 saturated heterocycles. The Morgan fingerprint density at radius 2 is 1.89 bits per heavy atom. The number of anilines is 1. The van der Waals surface area contributed by atoms with Gasteiger partial charge in [-0.15, -0.1) is 0 Å². The number of carbonyl (C=O) groups is 1. The largest absolute Gasteiger partial charge is 0.459 e. The van der Waals surface area contributed by atoms with Crippen LogP contribution in [0.4, 0.5) is 5.69 Å². The average Bonchev–Trinajstić information content (AvgIpc) is 3.18. The lowest BCUT2D eigenvalue weighted by molar-refractivity contribution is 0.0783. The molecule has 0 atom stereocenters. The van der Waals surface area contributed by atoms with Gasteiger partial charge in [-0.3, -0.25) is 4.79 Å². The highest BCUT2D eigenvalue weighted by Crippen LogP contribution is 2.37. The van der Waals surface area contributed by atoms with Gasteiger partial charge in [0.05, 0.1) is 11.3 Å². The number of nitrogens with one attached hydrogen (secondary N) is 2. The van der Waals surface area contributed by atoms with E-state index in [1.807, 2.05) is 43.3 Å². The van der Waals surface area contributed by atoms with Crippen LogP contribution in [0.1, 0.15) is 41.2 Å². The van der Waals surface area contributed by atoms with Gasteiger partial charge in [0.2, 0.25) is 0 Å². The number of aryl methyl sites for hydroxylation is 1. The van der Waals surface area contributed by atoms with Crippen molar-refractivity contribution in [2.24, 2.45) is 0 Å². The fourth-order valence-corrected chi connectivity index (χ4v) is 4.40. The molecule has 5 nitrogen and oxygen atoms in total. The van der Waals surface area contributed by atoms with Gasteiger partial charge < -0.3 is 19.8 Å². The number of alkyl halides is 1. The van der Waals surface area contributed by atoms with Crippen LogP contribution in [0.3, 0.4) is 0 Å². The van der Waals surface area contributed by atoms with E-state index in [1.165, 1.54) is 0 Å². The standard InChI is InChI=1S/C22H21BrN2O3/c1-12-18(22(2,3)27)14-8-6-10-17(20(14)28-12)25-21(26)19-15(11-23)13-7-4-5-9-16(13)24-19/h4-10,24,27H,11H2,1-3H3,(H,25,26). The van der Waals surface area contributed by atoms with E-state index < -0.39 is 5.60 Å². The Labute approximate surface area is 170 Å². The predicted octanol–water partition coefficient (Wildman–Crippen LogP) is 5.60. The van der Waals surface area contributed by atoms with Gasteiger partial charge in [0, 0.05) is 32.7 Å². The van der Waals surface area contributed by atoms with E-state index in [4.69, 9.17) is 4.42 Å². The number of aromatic amines is 1. The minimum absolute atomic E-state index is 0.239. The Morgan fingerprint density at radius 1 is 1.18 bits per heavy atom. The molecule has 0 aliphatic heterocycles. The molecule has 0 saturated carbocycles. The fourth-order valence-electron chi connectivity index (χ4n) is 3.81. The van der Waals surface area contributed by atoms with Crippen molar-refractivity contribution in [2.75, 3.05) is 5.32 Å². The summed E-state index contributed by atoms with van der Waals surface area (Å²) >= 11 is 3.49. The van der Waals surface area contributed by atoms with Crippen LogP contribution in [-0.4, -0.2) is 16.0 Å². The molecule has 144 valence electrons. The molecule has 0 bridgehead atoms. The molecule has 2 heterocycles. The summed E-state index contributed by atoms with van der Waals surface area (Å²) in [5.41, 5.74) is 3.15. The van der Waals surface area contributed by atoms with Crippen molar-refractivity contribution in [1.29, 1.82) is 0 Å². The second-order valence-corrected chi connectivity index (χ2v) is 7.95. The normalized spacial score (nSPS) is 12.0. The molecule has 4 aromatic rings. The Bertz CT molecular complexity index is 1200. The molecule has 0 radical (unpaired) electrons. The highest BCUT2D eigenvalue weighted by atomic mass is 79.9. The summed E-state index contributed by atoms with van der Waals surface area (Å²) in [7, 11) is 0. The van der Waals surface area contributed by atoms with Crippen molar-refractivity contribution >= 4 is 49.4 Å². The summed E-state index contributed by atoms with van der Waals surface area (Å²) in [6.45, 7) is 5.27. The quantitative estimate of drug-likeness (QED) is 0.361. The minimum atomic E-state index is -1.04. The van der Waals surface area contributed by atoms with E-state index in [9.17, 15) is 9.90 Å². The number of aliphatic hydroxyl groups is 1. The van der Waals surface area contributed by atoms with E-state index in [1.54, 1.807) is 19.9 Å². The first-order valence-electron chi connectivity index (χ1n) is 9.03. The molecule has 3 N–H and O–H groups in total. The molecule has 2 aromatic heterocycles. The Hall–Kier alpha value is -2.57. The van der Waals surface area contributed by atoms with E-state index in [-0.39, 0.29) is 5.91 Å². The summed E-state index contributed by atoms with van der Waals surface area (Å²) in [6, 6.07) is 13.4. The minimum Gasteiger partial charge on any atom is -0.459 e. The smallest absolute Gasteiger partial charge is 0.272 e. The first-order chi connectivity index (χ1) is 13.3. The molecule has 2 aromatic carbocycles. The van der Waals surface area contributed by atoms with Gasteiger partial charge in [-0.05, 0) is 32.9 Å². The zero-order chi connectivity index (χ0) is 20.1. The topological polar surface area (TPSA) is 78.3 Å². The van der Waals surface area contributed by atoms with Crippen LogP contribution in [0.25, 0.3) is 21.9 Å². The fraction of sp³-hybridized carbons (Fsp3) is 0.227. The van der Waals surface area contributed by atoms with Crippen LogP contribution < -0.4 is 5.32 Å². The van der Waals surface area contributed by atoms with Gasteiger partial charge in [0.1, 0.15) is 11.5 Å². The van der Waals surface area contributed by atoms with Gasteiger partial charge in [-0.1, -0.05) is 46.3 Å². The van der Waals surface area contributed by atoms with Gasteiger partial charge in [-0.2, -0.15) is 0 Å². The maximum absolute atomic E-state index is 13.0. The van der Waals surface area contributed by atoms with Crippen LogP contribution in [0.15, 0.2) is 46.9 Å². The maximum Gasteiger partial charge on any atom is 0.272 e. The van der Waals surface area contributed by atoms with Crippen LogP contribution in [0.2, 0.25) is 0 Å². The molecule has 0 fully saturated rings. The average molecular weight is 441 g/mol. The number of rotatable bonds is 4. The molecule has 28 heavy (non-hydrogen) atoms.